The van der Waals surface area contributed by atoms with E-state index in [1.54, 1.807) is 24.5 Å². The van der Waals surface area contributed by atoms with Gasteiger partial charge in [0.15, 0.2) is 10.8 Å². The maximum absolute atomic E-state index is 10.9. The summed E-state index contributed by atoms with van der Waals surface area (Å²) in [7, 11) is 0. The predicted molar refractivity (Wildman–Crippen MR) is 72.6 cm³/mol. The molecule has 0 amide bonds. The van der Waals surface area contributed by atoms with Gasteiger partial charge in [0.25, 0.3) is 0 Å². The SMILES string of the molecule is CCC(Nc1nc(C(=O)O)c(C)s1)c1nccs1. The number of aryl methyl sites for hydroxylation is 1. The van der Waals surface area contributed by atoms with Crippen molar-refractivity contribution in [1.82, 2.24) is 9.97 Å². The van der Waals surface area contributed by atoms with Crippen molar-refractivity contribution in [3.05, 3.63) is 27.2 Å². The molecule has 0 fully saturated rings. The molecule has 96 valence electrons. The van der Waals surface area contributed by atoms with E-state index in [4.69, 9.17) is 5.11 Å². The first-order chi connectivity index (χ1) is 8.61. The summed E-state index contributed by atoms with van der Waals surface area (Å²) in [5.74, 6) is -0.987. The molecule has 0 aliphatic heterocycles. The number of rotatable bonds is 5. The summed E-state index contributed by atoms with van der Waals surface area (Å²) in [5, 5.41) is 15.7. The number of nitrogens with one attached hydrogen (secondary N) is 1. The number of carbonyl (C=O) groups is 1. The van der Waals surface area contributed by atoms with E-state index < -0.39 is 5.97 Å². The van der Waals surface area contributed by atoms with Crippen molar-refractivity contribution in [2.24, 2.45) is 0 Å². The van der Waals surface area contributed by atoms with E-state index in [9.17, 15) is 4.79 Å². The summed E-state index contributed by atoms with van der Waals surface area (Å²) in [5.41, 5.74) is 0.122. The highest BCUT2D eigenvalue weighted by molar-refractivity contribution is 7.15. The Labute approximate surface area is 113 Å². The molecule has 2 aromatic heterocycles. The van der Waals surface area contributed by atoms with E-state index in [0.29, 0.717) is 10.0 Å². The summed E-state index contributed by atoms with van der Waals surface area (Å²) in [4.78, 5) is 20.0. The first-order valence-corrected chi connectivity index (χ1v) is 7.18. The second-order valence-electron chi connectivity index (χ2n) is 3.70. The van der Waals surface area contributed by atoms with Crippen LogP contribution in [0.5, 0.6) is 0 Å². The lowest BCUT2D eigenvalue weighted by Gasteiger charge is -2.12. The Morgan fingerprint density at radius 2 is 2.39 bits per heavy atom. The van der Waals surface area contributed by atoms with Gasteiger partial charge in [-0.1, -0.05) is 6.92 Å². The molecule has 0 saturated heterocycles. The lowest BCUT2D eigenvalue weighted by atomic mass is 10.2. The van der Waals surface area contributed by atoms with E-state index in [1.165, 1.54) is 11.3 Å². The Balaban J connectivity index is 2.18. The van der Waals surface area contributed by atoms with Crippen molar-refractivity contribution in [2.45, 2.75) is 26.3 Å². The van der Waals surface area contributed by atoms with Gasteiger partial charge in [-0.2, -0.15) is 0 Å². The molecule has 5 nitrogen and oxygen atoms in total. The molecule has 2 N–H and O–H groups in total. The minimum Gasteiger partial charge on any atom is -0.476 e. The quantitative estimate of drug-likeness (QED) is 0.881. The van der Waals surface area contributed by atoms with Crippen LogP contribution >= 0.6 is 22.7 Å². The van der Waals surface area contributed by atoms with Crippen molar-refractivity contribution in [3.63, 3.8) is 0 Å². The van der Waals surface area contributed by atoms with Crippen LogP contribution in [0.2, 0.25) is 0 Å². The van der Waals surface area contributed by atoms with Gasteiger partial charge in [-0.15, -0.1) is 22.7 Å². The molecular formula is C11H13N3O2S2. The zero-order chi connectivity index (χ0) is 13.1. The lowest BCUT2D eigenvalue weighted by molar-refractivity contribution is 0.0690. The molecule has 0 spiro atoms. The molecule has 2 heterocycles. The standard InChI is InChI=1S/C11H13N3O2S2/c1-3-7(9-12-4-5-17-9)13-11-14-8(10(15)16)6(2)18-11/h4-5,7H,3H2,1-2H3,(H,13,14)(H,15,16). The van der Waals surface area contributed by atoms with Gasteiger partial charge in [-0.3, -0.25) is 0 Å². The summed E-state index contributed by atoms with van der Waals surface area (Å²) in [6.07, 6.45) is 2.63. The molecule has 0 bridgehead atoms. The van der Waals surface area contributed by atoms with Gasteiger partial charge >= 0.3 is 5.97 Å². The maximum Gasteiger partial charge on any atom is 0.355 e. The third-order valence-corrected chi connectivity index (χ3v) is 4.25. The molecule has 7 heteroatoms. The van der Waals surface area contributed by atoms with Crippen LogP contribution in [-0.2, 0) is 0 Å². The van der Waals surface area contributed by atoms with Crippen molar-refractivity contribution in [1.29, 1.82) is 0 Å². The van der Waals surface area contributed by atoms with Crippen LogP contribution in [0.3, 0.4) is 0 Å². The Bertz CT molecular complexity index is 536. The minimum atomic E-state index is -0.987. The van der Waals surface area contributed by atoms with Crippen LogP contribution < -0.4 is 5.32 Å². The number of thiazole rings is 2. The minimum absolute atomic E-state index is 0.0807. The summed E-state index contributed by atoms with van der Waals surface area (Å²) < 4.78 is 0. The number of nitrogens with zero attached hydrogens (tertiary/aromatic N) is 2. The van der Waals surface area contributed by atoms with Crippen LogP contribution in [0.4, 0.5) is 5.13 Å². The smallest absolute Gasteiger partial charge is 0.355 e. The van der Waals surface area contributed by atoms with Crippen LogP contribution in [0.15, 0.2) is 11.6 Å². The number of hydrogen-bond acceptors (Lipinski definition) is 6. The van der Waals surface area contributed by atoms with Crippen LogP contribution in [0, 0.1) is 6.92 Å². The zero-order valence-electron chi connectivity index (χ0n) is 10.0. The fourth-order valence-corrected chi connectivity index (χ4v) is 3.18. The topological polar surface area (TPSA) is 75.1 Å². The highest BCUT2D eigenvalue weighted by atomic mass is 32.1. The number of carboxylic acid groups (broad SMARTS) is 1. The zero-order valence-corrected chi connectivity index (χ0v) is 11.6. The molecule has 18 heavy (non-hydrogen) atoms. The number of aromatic carboxylic acids is 1. The first kappa shape index (κ1) is 13.0. The molecule has 1 unspecified atom stereocenters. The molecule has 2 aromatic rings. The number of aromatic nitrogens is 2. The van der Waals surface area contributed by atoms with E-state index in [0.717, 1.165) is 11.4 Å². The van der Waals surface area contributed by atoms with E-state index in [2.05, 4.69) is 22.2 Å². The monoisotopic (exact) mass is 283 g/mol. The van der Waals surface area contributed by atoms with Gasteiger partial charge in [0.05, 0.1) is 6.04 Å². The molecule has 0 aliphatic rings. The molecule has 0 radical (unpaired) electrons. The largest absolute Gasteiger partial charge is 0.476 e. The number of anilines is 1. The van der Waals surface area contributed by atoms with E-state index >= 15 is 0 Å². The van der Waals surface area contributed by atoms with Gasteiger partial charge in [-0.25, -0.2) is 14.8 Å². The van der Waals surface area contributed by atoms with Crippen LogP contribution in [-0.4, -0.2) is 21.0 Å². The van der Waals surface area contributed by atoms with E-state index in [-0.39, 0.29) is 11.7 Å². The first-order valence-electron chi connectivity index (χ1n) is 5.48. The van der Waals surface area contributed by atoms with Gasteiger partial charge in [0.2, 0.25) is 0 Å². The third-order valence-electron chi connectivity index (χ3n) is 2.45. The maximum atomic E-state index is 10.9. The van der Waals surface area contributed by atoms with Crippen LogP contribution in [0.1, 0.15) is 39.8 Å². The highest BCUT2D eigenvalue weighted by Gasteiger charge is 2.17. The fourth-order valence-electron chi connectivity index (χ4n) is 1.55. The average molecular weight is 283 g/mol. The fraction of sp³-hybridized carbons (Fsp3) is 0.364. The second kappa shape index (κ2) is 5.45. The average Bonchev–Trinajstić information content (AvgIpc) is 2.95. The molecule has 0 aliphatic carbocycles. The van der Waals surface area contributed by atoms with Crippen molar-refractivity contribution in [3.8, 4) is 0 Å². The summed E-state index contributed by atoms with van der Waals surface area (Å²) in [6, 6.07) is 0.0807. The third kappa shape index (κ3) is 2.68. The molecule has 0 saturated carbocycles. The molecular weight excluding hydrogens is 270 g/mol. The van der Waals surface area contributed by atoms with Gasteiger partial charge < -0.3 is 10.4 Å². The molecule has 1 atom stereocenters. The Morgan fingerprint density at radius 3 is 2.89 bits per heavy atom. The van der Waals surface area contributed by atoms with Crippen molar-refractivity contribution < 1.29 is 9.90 Å². The predicted octanol–water partition coefficient (Wildman–Crippen LogP) is 3.17. The normalized spacial score (nSPS) is 12.3. The molecule has 2 rings (SSSR count). The highest BCUT2D eigenvalue weighted by Crippen LogP contribution is 2.28. The molecule has 0 aromatic carbocycles. The lowest BCUT2D eigenvalue weighted by Crippen LogP contribution is -2.09. The van der Waals surface area contributed by atoms with Crippen LogP contribution in [0.25, 0.3) is 0 Å². The number of carboxylic acids is 1. The van der Waals surface area contributed by atoms with Gasteiger partial charge in [0, 0.05) is 16.5 Å². The second-order valence-corrected chi connectivity index (χ2v) is 5.83. The van der Waals surface area contributed by atoms with Gasteiger partial charge in [0.1, 0.15) is 5.01 Å². The van der Waals surface area contributed by atoms with Crippen molar-refractivity contribution in [2.75, 3.05) is 5.32 Å². The Hall–Kier alpha value is -1.47. The summed E-state index contributed by atoms with van der Waals surface area (Å²) in [6.45, 7) is 3.81. The Kier molecular flexibility index (Phi) is 3.93. The summed E-state index contributed by atoms with van der Waals surface area (Å²) >= 11 is 2.94. The van der Waals surface area contributed by atoms with Gasteiger partial charge in [-0.05, 0) is 13.3 Å². The van der Waals surface area contributed by atoms with Crippen molar-refractivity contribution >= 4 is 33.8 Å². The van der Waals surface area contributed by atoms with E-state index in [1.807, 2.05) is 5.38 Å². The Morgan fingerprint density at radius 1 is 1.61 bits per heavy atom. The number of hydrogen-bond donors (Lipinski definition) is 2.